The molecule has 0 aromatic heterocycles. The molecule has 6 heteroatoms. The minimum atomic E-state index is 0.0571. The van der Waals surface area contributed by atoms with Crippen molar-refractivity contribution in [3.05, 3.63) is 146 Å². The molecule has 0 aliphatic rings. The van der Waals surface area contributed by atoms with Gasteiger partial charge in [0.2, 0.25) is 0 Å². The van der Waals surface area contributed by atoms with E-state index in [1.54, 1.807) is 36.4 Å². The van der Waals surface area contributed by atoms with Gasteiger partial charge in [-0.3, -0.25) is 0 Å². The van der Waals surface area contributed by atoms with E-state index < -0.39 is 0 Å². The van der Waals surface area contributed by atoms with Crippen LogP contribution in [0.1, 0.15) is 0 Å². The van der Waals surface area contributed by atoms with Gasteiger partial charge in [-0.2, -0.15) is 10.2 Å². The topological polar surface area (TPSA) is 89.9 Å². The zero-order valence-corrected chi connectivity index (χ0v) is 19.5. The first-order valence-electron chi connectivity index (χ1n) is 11.2. The molecule has 0 saturated carbocycles. The monoisotopic (exact) mass is 474 g/mol. The number of rotatable bonds is 4. The van der Waals surface area contributed by atoms with Gasteiger partial charge in [-0.05, 0) is 48.5 Å². The summed E-state index contributed by atoms with van der Waals surface area (Å²) in [5, 5.41) is 34.8. The van der Waals surface area contributed by atoms with Crippen LogP contribution in [0.25, 0.3) is 0 Å². The van der Waals surface area contributed by atoms with Gasteiger partial charge in [-0.25, -0.2) is 0 Å². The summed E-state index contributed by atoms with van der Waals surface area (Å²) < 4.78 is 0. The van der Waals surface area contributed by atoms with E-state index in [-0.39, 0.29) is 11.5 Å². The SMILES string of the molecule is Oc1ccccc1N=Nc1ccccc1O.c1ccc(N=Nc2ccccc2)cc1.c1ccccc1. The highest BCUT2D eigenvalue weighted by atomic mass is 16.3. The smallest absolute Gasteiger partial charge is 0.143 e. The van der Waals surface area contributed by atoms with Gasteiger partial charge in [0.15, 0.2) is 0 Å². The maximum Gasteiger partial charge on any atom is 0.143 e. The Kier molecular flexibility index (Phi) is 10.6. The third kappa shape index (κ3) is 9.41. The van der Waals surface area contributed by atoms with E-state index in [1.165, 1.54) is 12.1 Å². The summed E-state index contributed by atoms with van der Waals surface area (Å²) >= 11 is 0. The van der Waals surface area contributed by atoms with E-state index >= 15 is 0 Å². The molecule has 178 valence electrons. The zero-order chi connectivity index (χ0) is 25.3. The van der Waals surface area contributed by atoms with Crippen molar-refractivity contribution in [1.82, 2.24) is 0 Å². The summed E-state index contributed by atoms with van der Waals surface area (Å²) in [6.45, 7) is 0. The first-order chi connectivity index (χ1) is 17.7. The third-order valence-corrected chi connectivity index (χ3v) is 4.49. The molecule has 36 heavy (non-hydrogen) atoms. The Labute approximate surface area is 210 Å². The number of phenolic OH excluding ortho intramolecular Hbond substituents is 2. The van der Waals surface area contributed by atoms with Crippen molar-refractivity contribution in [3.8, 4) is 11.5 Å². The molecular formula is C30H26N4O2. The second-order valence-electron chi connectivity index (χ2n) is 7.20. The normalized spacial score (nSPS) is 10.2. The van der Waals surface area contributed by atoms with Crippen LogP contribution in [-0.4, -0.2) is 10.2 Å². The minimum absolute atomic E-state index is 0.0571. The lowest BCUT2D eigenvalue weighted by molar-refractivity contribution is 0.474. The maximum atomic E-state index is 9.44. The molecule has 2 N–H and O–H groups in total. The molecule has 6 nitrogen and oxygen atoms in total. The number of benzene rings is 5. The molecule has 0 amide bonds. The van der Waals surface area contributed by atoms with Gasteiger partial charge >= 0.3 is 0 Å². The van der Waals surface area contributed by atoms with E-state index in [2.05, 4.69) is 20.5 Å². The summed E-state index contributed by atoms with van der Waals surface area (Å²) in [6, 6.07) is 44.6. The Morgan fingerprint density at radius 1 is 0.306 bits per heavy atom. The average molecular weight is 475 g/mol. The highest BCUT2D eigenvalue weighted by Crippen LogP contribution is 2.30. The van der Waals surface area contributed by atoms with E-state index in [1.807, 2.05) is 97.1 Å². The predicted molar refractivity (Wildman–Crippen MR) is 144 cm³/mol. The van der Waals surface area contributed by atoms with Crippen LogP contribution in [0, 0.1) is 0 Å². The fourth-order valence-electron chi connectivity index (χ4n) is 2.69. The van der Waals surface area contributed by atoms with Crippen LogP contribution in [-0.2, 0) is 0 Å². The van der Waals surface area contributed by atoms with Gasteiger partial charge in [0.25, 0.3) is 0 Å². The van der Waals surface area contributed by atoms with E-state index in [0.717, 1.165) is 11.4 Å². The molecule has 0 bridgehead atoms. The molecule has 0 radical (unpaired) electrons. The number of hydrogen-bond acceptors (Lipinski definition) is 6. The van der Waals surface area contributed by atoms with Crippen LogP contribution in [0.15, 0.2) is 166 Å². The van der Waals surface area contributed by atoms with Crippen molar-refractivity contribution in [2.75, 3.05) is 0 Å². The number of hydrogen-bond donors (Lipinski definition) is 2. The van der Waals surface area contributed by atoms with Gasteiger partial charge < -0.3 is 10.2 Å². The molecule has 5 aromatic carbocycles. The van der Waals surface area contributed by atoms with Crippen LogP contribution >= 0.6 is 0 Å². The summed E-state index contributed by atoms with van der Waals surface area (Å²) in [4.78, 5) is 0. The fraction of sp³-hybridized carbons (Fsp3) is 0. The summed E-state index contributed by atoms with van der Waals surface area (Å²) in [5.74, 6) is 0.114. The molecular weight excluding hydrogens is 448 g/mol. The number of nitrogens with zero attached hydrogens (tertiary/aromatic N) is 4. The second kappa shape index (κ2) is 14.9. The van der Waals surface area contributed by atoms with Crippen LogP contribution in [0.4, 0.5) is 22.7 Å². The number of para-hydroxylation sites is 2. The van der Waals surface area contributed by atoms with Crippen molar-refractivity contribution < 1.29 is 10.2 Å². The summed E-state index contributed by atoms with van der Waals surface area (Å²) in [5.41, 5.74) is 2.48. The van der Waals surface area contributed by atoms with Crippen LogP contribution < -0.4 is 0 Å². The Morgan fingerprint density at radius 2 is 0.583 bits per heavy atom. The third-order valence-electron chi connectivity index (χ3n) is 4.49. The molecule has 5 rings (SSSR count). The number of aromatic hydroxyl groups is 2. The molecule has 0 heterocycles. The molecule has 0 atom stereocenters. The van der Waals surface area contributed by atoms with Crippen molar-refractivity contribution in [3.63, 3.8) is 0 Å². The highest BCUT2D eigenvalue weighted by Gasteiger charge is 1.99. The Balaban J connectivity index is 0.000000165. The van der Waals surface area contributed by atoms with Crippen LogP contribution in [0.3, 0.4) is 0 Å². The van der Waals surface area contributed by atoms with E-state index in [4.69, 9.17) is 0 Å². The zero-order valence-electron chi connectivity index (χ0n) is 19.5. The minimum Gasteiger partial charge on any atom is -0.506 e. The van der Waals surface area contributed by atoms with Crippen molar-refractivity contribution in [2.24, 2.45) is 20.5 Å². The van der Waals surface area contributed by atoms with Gasteiger partial charge in [0.1, 0.15) is 22.9 Å². The lowest BCUT2D eigenvalue weighted by Crippen LogP contribution is -1.68. The van der Waals surface area contributed by atoms with Gasteiger partial charge in [-0.15, -0.1) is 10.2 Å². The van der Waals surface area contributed by atoms with Gasteiger partial charge in [-0.1, -0.05) is 97.1 Å². The molecule has 0 spiro atoms. The van der Waals surface area contributed by atoms with Gasteiger partial charge in [0.05, 0.1) is 11.4 Å². The predicted octanol–water partition coefficient (Wildman–Crippen LogP) is 9.30. The Hall–Kier alpha value is -5.10. The summed E-state index contributed by atoms with van der Waals surface area (Å²) in [7, 11) is 0. The van der Waals surface area contributed by atoms with Crippen LogP contribution in [0.5, 0.6) is 11.5 Å². The van der Waals surface area contributed by atoms with Crippen molar-refractivity contribution >= 4 is 22.7 Å². The van der Waals surface area contributed by atoms with Gasteiger partial charge in [0, 0.05) is 0 Å². The average Bonchev–Trinajstić information content (AvgIpc) is 2.95. The molecule has 0 aliphatic heterocycles. The second-order valence-corrected chi connectivity index (χ2v) is 7.20. The first-order valence-corrected chi connectivity index (χ1v) is 11.2. The maximum absolute atomic E-state index is 9.44. The van der Waals surface area contributed by atoms with E-state index in [9.17, 15) is 10.2 Å². The lowest BCUT2D eigenvalue weighted by atomic mass is 10.3. The fourth-order valence-corrected chi connectivity index (χ4v) is 2.69. The largest absolute Gasteiger partial charge is 0.506 e. The van der Waals surface area contributed by atoms with Crippen molar-refractivity contribution in [1.29, 1.82) is 0 Å². The number of azo groups is 2. The molecule has 0 unspecified atom stereocenters. The van der Waals surface area contributed by atoms with E-state index in [0.29, 0.717) is 11.4 Å². The molecule has 5 aromatic rings. The Bertz CT molecular complexity index is 1230. The molecule has 0 aliphatic carbocycles. The standard InChI is InChI=1S/C12H10N2O2.C12H10N2.C6H6/c15-11-7-3-1-5-9(11)13-14-10-6-2-4-8-12(10)16;1-3-7-11(8-4-1)13-14-12-9-5-2-6-10-12;1-2-4-6-5-3-1/h1-8,15-16H;1-10H;1-6H. The molecule has 0 saturated heterocycles. The van der Waals surface area contributed by atoms with Crippen LogP contribution in [0.2, 0.25) is 0 Å². The summed E-state index contributed by atoms with van der Waals surface area (Å²) in [6.07, 6.45) is 0. The Morgan fingerprint density at radius 3 is 0.917 bits per heavy atom. The molecule has 0 fully saturated rings. The van der Waals surface area contributed by atoms with Crippen molar-refractivity contribution in [2.45, 2.75) is 0 Å². The lowest BCUT2D eigenvalue weighted by Gasteiger charge is -1.97. The first kappa shape index (κ1) is 25.5. The quantitative estimate of drug-likeness (QED) is 0.254. The number of phenols is 2. The highest BCUT2D eigenvalue weighted by molar-refractivity contribution is 5.53.